The quantitative estimate of drug-likeness (QED) is 0.00512. The Bertz CT molecular complexity index is 5260. The fraction of sp³-hybridized carbons (Fsp3) is 0.366. The Morgan fingerprint density at radius 1 is 0.388 bits per heavy atom. The number of sulfonamides is 3. The van der Waals surface area contributed by atoms with E-state index in [2.05, 4.69) is 48.9 Å². The molecule has 10 N–H and O–H groups in total. The minimum atomic E-state index is -3.75. The molecule has 50 heteroatoms. The van der Waals surface area contributed by atoms with E-state index < -0.39 is 146 Å². The SMILES string of the molecule is CC(C)(C)S(=O)(=O)Nc1cc(F)cc([N+](=O)[O-])c1.CC(C)(C)S(=O)(=O)Nc1cc(N)cc(F)c1.CC(C)(C)S(=O)Cl.CC(C)(C)S(=O)Nc1cc(F)cc([N+](=O)[O-])c1.CC(C)(C)S(=O)Nc1cc(F)cc([N+](=O)[O-])c1.Cc1cnc(Cl)nc1Cl.Cc1cnc(Cl)nc1Nc1cc(F)cc(NS(=O)(=O)C(C)(C)C)c1.Nc1cc(F)cc([N+](=O)[O-])c1.[CH3-].[Pd]. The zero-order valence-corrected chi connectivity index (χ0v) is 78.2. The molecule has 3 atom stereocenters. The first-order chi connectivity index (χ1) is 53.7. The van der Waals surface area contributed by atoms with E-state index in [9.17, 15) is 105 Å². The van der Waals surface area contributed by atoms with Crippen LogP contribution in [0.2, 0.25) is 15.7 Å². The zero-order chi connectivity index (χ0) is 92.6. The Kier molecular flexibility index (Phi) is 45.0. The van der Waals surface area contributed by atoms with Gasteiger partial charge in [-0.05, 0) is 233 Å². The molecule has 0 aliphatic carbocycles. The van der Waals surface area contributed by atoms with Gasteiger partial charge in [0.1, 0.15) is 77.9 Å². The second-order valence-electron chi connectivity index (χ2n) is 30.2. The number of hydrogen-bond acceptors (Lipinski definition) is 24. The number of anilines is 9. The van der Waals surface area contributed by atoms with E-state index in [0.717, 1.165) is 96.6 Å². The summed E-state index contributed by atoms with van der Waals surface area (Å²) in [6, 6.07) is 18.9. The maximum absolute atomic E-state index is 13.8. The molecule has 2 heterocycles. The molecule has 6 aromatic carbocycles. The molecule has 676 valence electrons. The number of hydrogen-bond donors (Lipinski definition) is 8. The molecular formula is C71H93Cl4F6N16O17PdS6-. The molecule has 0 fully saturated rings. The predicted molar refractivity (Wildman–Crippen MR) is 466 cm³/mol. The van der Waals surface area contributed by atoms with Gasteiger partial charge in [0.05, 0.1) is 101 Å². The van der Waals surface area contributed by atoms with Gasteiger partial charge in [-0.25, -0.2) is 84.2 Å². The van der Waals surface area contributed by atoms with Gasteiger partial charge in [-0.15, -0.1) is 0 Å². The first-order valence-electron chi connectivity index (χ1n) is 33.6. The van der Waals surface area contributed by atoms with Crippen molar-refractivity contribution in [1.29, 1.82) is 0 Å². The Morgan fingerprint density at radius 3 is 0.934 bits per heavy atom. The first-order valence-corrected chi connectivity index (χ1v) is 43.5. The fourth-order valence-corrected chi connectivity index (χ4v) is 10.8. The second-order valence-corrected chi connectivity index (χ2v) is 45.0. The summed E-state index contributed by atoms with van der Waals surface area (Å²) in [5.41, 5.74) is 11.4. The van der Waals surface area contributed by atoms with Gasteiger partial charge in [-0.1, -0.05) is 11.6 Å². The van der Waals surface area contributed by atoms with Crippen molar-refractivity contribution in [3.05, 3.63) is 231 Å². The zero-order valence-electron chi connectivity index (χ0n) is 68.8. The number of nitro benzene ring substituents is 4. The van der Waals surface area contributed by atoms with Gasteiger partial charge in [0.2, 0.25) is 40.6 Å². The van der Waals surface area contributed by atoms with Crippen LogP contribution in [0, 0.1) is 96.6 Å². The van der Waals surface area contributed by atoms with E-state index in [1.165, 1.54) is 45.2 Å². The van der Waals surface area contributed by atoms with E-state index in [-0.39, 0.29) is 100 Å². The maximum Gasteiger partial charge on any atom is 0.274 e. The van der Waals surface area contributed by atoms with Crippen LogP contribution in [0.15, 0.2) is 122 Å². The molecule has 0 saturated heterocycles. The van der Waals surface area contributed by atoms with E-state index in [1.54, 1.807) is 96.2 Å². The summed E-state index contributed by atoms with van der Waals surface area (Å²) in [6.07, 6.45) is 3.11. The standard InChI is InChI=1S/C15H18ClFN4O2S.C10H13FN2O4S.2C10H13FN2O3S.C10H15FN2O2S.C6H5FN2O2.C5H4Cl2N2.C4H9ClOS.CH3.Pd/c1-9-8-18-14(16)20-13(9)19-11-5-10(17)6-12(7-11)21-24(22,23)15(2,3)4;1-10(2,3)18(16,17)12-8-4-7(11)5-9(6-8)13(14)15;2*1-10(2,3)17(16)12-8-4-7(11)5-9(6-8)13(14)15;1-10(2,3)16(14,15)13-9-5-7(11)4-8(12)6-9;7-4-1-5(8)3-6(2-4)9(10)11;1-3-2-8-5(7)9-4(3)6;1-4(2,3)7(5)6;;/h5-8,21H,1-4H3,(H,18,19,20);4-6,12H,1-3H3;2*4-6,12H,1-3H3;4-6,13H,12H2,1-3H3;1-3H,8H2;2H,1H3;1-3H3;1H3;/q;;;;;;;;-1;. The molecule has 33 nitrogen and oxygen atoms in total. The molecule has 0 spiro atoms. The van der Waals surface area contributed by atoms with Gasteiger partial charge in [0, 0.05) is 85.3 Å². The number of nitro groups is 4. The van der Waals surface area contributed by atoms with Crippen LogP contribution in [0.3, 0.4) is 0 Å². The normalized spacial score (nSPS) is 12.1. The third kappa shape index (κ3) is 42.2. The van der Waals surface area contributed by atoms with Crippen LogP contribution in [0.25, 0.3) is 0 Å². The van der Waals surface area contributed by atoms with Gasteiger partial charge in [0.25, 0.3) is 22.7 Å². The number of rotatable bonds is 16. The summed E-state index contributed by atoms with van der Waals surface area (Å²) in [5, 5.41) is 45.2. The summed E-state index contributed by atoms with van der Waals surface area (Å²) >= 11 is 16.7. The number of nitrogens with zero attached hydrogens (tertiary/aromatic N) is 8. The third-order valence-electron chi connectivity index (χ3n) is 13.5. The Balaban J connectivity index is 0. The van der Waals surface area contributed by atoms with Crippen molar-refractivity contribution in [3.8, 4) is 0 Å². The summed E-state index contributed by atoms with van der Waals surface area (Å²) in [5.74, 6) is -3.83. The van der Waals surface area contributed by atoms with Crippen LogP contribution in [0.5, 0.6) is 0 Å². The average molecular weight is 2000 g/mol. The summed E-state index contributed by atoms with van der Waals surface area (Å²) in [6.45, 7) is 33.2. The maximum atomic E-state index is 13.8. The molecule has 121 heavy (non-hydrogen) atoms. The van der Waals surface area contributed by atoms with Crippen molar-refractivity contribution in [1.82, 2.24) is 19.9 Å². The van der Waals surface area contributed by atoms with Crippen LogP contribution in [-0.2, 0) is 82.5 Å². The second kappa shape index (κ2) is 47.7. The van der Waals surface area contributed by atoms with Crippen LogP contribution < -0.4 is 40.4 Å². The molecule has 0 radical (unpaired) electrons. The molecule has 0 amide bonds. The Morgan fingerprint density at radius 2 is 0.645 bits per heavy atom. The minimum absolute atomic E-state index is 0. The van der Waals surface area contributed by atoms with Crippen molar-refractivity contribution < 1.29 is 104 Å². The molecule has 3 unspecified atom stereocenters. The number of benzene rings is 6. The summed E-state index contributed by atoms with van der Waals surface area (Å²) in [7, 11) is -9.87. The molecule has 2 aromatic heterocycles. The fourth-order valence-electron chi connectivity index (χ4n) is 6.84. The minimum Gasteiger partial charge on any atom is -0.399 e. The topological polar surface area (TPSA) is 502 Å². The van der Waals surface area contributed by atoms with Crippen molar-refractivity contribution in [2.24, 2.45) is 0 Å². The number of halogens is 10. The monoisotopic (exact) mass is 1990 g/mol. The largest absolute Gasteiger partial charge is 0.399 e. The van der Waals surface area contributed by atoms with Crippen LogP contribution in [0.1, 0.15) is 136 Å². The van der Waals surface area contributed by atoms with E-state index in [1.807, 2.05) is 27.7 Å². The predicted octanol–water partition coefficient (Wildman–Crippen LogP) is 18.8. The van der Waals surface area contributed by atoms with Crippen molar-refractivity contribution in [3.63, 3.8) is 0 Å². The van der Waals surface area contributed by atoms with E-state index in [0.29, 0.717) is 22.2 Å². The van der Waals surface area contributed by atoms with Crippen molar-refractivity contribution in [2.45, 2.75) is 167 Å². The molecule has 8 aromatic rings. The van der Waals surface area contributed by atoms with Gasteiger partial charge in [0.15, 0.2) is 0 Å². The van der Waals surface area contributed by atoms with Gasteiger partial charge < -0.3 is 33.7 Å². The molecule has 0 aliphatic heterocycles. The number of nitrogens with one attached hydrogen (secondary N) is 6. The van der Waals surface area contributed by atoms with Gasteiger partial charge in [-0.3, -0.25) is 54.6 Å². The Labute approximate surface area is 738 Å². The smallest absolute Gasteiger partial charge is 0.274 e. The third-order valence-corrected chi connectivity index (χ3v) is 26.0. The molecule has 0 bridgehead atoms. The molecule has 8 rings (SSSR count). The van der Waals surface area contributed by atoms with Gasteiger partial charge in [-0.2, -0.15) is 0 Å². The van der Waals surface area contributed by atoms with Gasteiger partial charge >= 0.3 is 0 Å². The molecule has 0 saturated carbocycles. The van der Waals surface area contributed by atoms with Crippen molar-refractivity contribution >= 4 is 182 Å². The average Bonchev–Trinajstić information content (AvgIpc) is 0.819. The Hall–Kier alpha value is -8.82. The number of aryl methyl sites for hydroxylation is 2. The number of aromatic nitrogens is 4. The molecule has 0 aliphatic rings. The number of non-ortho nitro benzene ring substituents is 4. The summed E-state index contributed by atoms with van der Waals surface area (Å²) < 4.78 is 191. The number of nitrogen functional groups attached to an aromatic ring is 2. The van der Waals surface area contributed by atoms with Crippen LogP contribution >= 0.6 is 45.5 Å². The van der Waals surface area contributed by atoms with Crippen LogP contribution in [-0.4, -0.2) is 106 Å². The summed E-state index contributed by atoms with van der Waals surface area (Å²) in [4.78, 5) is 54.0. The first kappa shape index (κ1) is 114. The van der Waals surface area contributed by atoms with Crippen molar-refractivity contribution in [2.75, 3.05) is 40.4 Å². The number of nitrogens with two attached hydrogens (primary N) is 2. The molecular weight excluding hydrogens is 1900 g/mol. The van der Waals surface area contributed by atoms with E-state index in [4.69, 9.17) is 57.0 Å². The van der Waals surface area contributed by atoms with Crippen LogP contribution in [0.4, 0.5) is 100 Å². The van der Waals surface area contributed by atoms with E-state index >= 15 is 0 Å².